The van der Waals surface area contributed by atoms with Gasteiger partial charge in [0.25, 0.3) is 0 Å². The van der Waals surface area contributed by atoms with E-state index in [4.69, 9.17) is 10.2 Å². The van der Waals surface area contributed by atoms with E-state index in [1.165, 1.54) is 0 Å². The lowest BCUT2D eigenvalue weighted by atomic mass is 10.1. The van der Waals surface area contributed by atoms with Crippen LogP contribution in [0.15, 0.2) is 4.99 Å². The van der Waals surface area contributed by atoms with E-state index in [0.717, 1.165) is 5.71 Å². The number of aliphatic imine (C=N–C) groups is 1. The normalized spacial score (nSPS) is 36.1. The molecule has 0 fully saturated rings. The third-order valence-electron chi connectivity index (χ3n) is 1.53. The molecule has 3 nitrogen and oxygen atoms in total. The molecule has 0 saturated carbocycles. The van der Waals surface area contributed by atoms with Crippen molar-refractivity contribution in [2.24, 2.45) is 4.99 Å². The van der Waals surface area contributed by atoms with Crippen molar-refractivity contribution in [1.29, 1.82) is 0 Å². The molecule has 1 aliphatic heterocycles. The van der Waals surface area contributed by atoms with Crippen LogP contribution >= 0.6 is 0 Å². The van der Waals surface area contributed by atoms with E-state index in [2.05, 4.69) is 4.99 Å². The van der Waals surface area contributed by atoms with Gasteiger partial charge in [-0.25, -0.2) is 0 Å². The predicted molar refractivity (Wildman–Crippen MR) is 34.6 cm³/mol. The van der Waals surface area contributed by atoms with Crippen LogP contribution < -0.4 is 0 Å². The van der Waals surface area contributed by atoms with Crippen molar-refractivity contribution in [2.45, 2.75) is 25.6 Å². The zero-order chi connectivity index (χ0) is 6.85. The van der Waals surface area contributed by atoms with Crippen LogP contribution in [0.2, 0.25) is 0 Å². The minimum absolute atomic E-state index is 0.440. The molecular weight excluding hydrogens is 118 g/mol. The van der Waals surface area contributed by atoms with Gasteiger partial charge < -0.3 is 10.2 Å². The number of hydrogen-bond acceptors (Lipinski definition) is 3. The van der Waals surface area contributed by atoms with E-state index in [0.29, 0.717) is 13.0 Å². The lowest BCUT2D eigenvalue weighted by molar-refractivity contribution is 0.109. The first-order chi connectivity index (χ1) is 4.20. The van der Waals surface area contributed by atoms with Gasteiger partial charge in [0.05, 0.1) is 18.8 Å². The summed E-state index contributed by atoms with van der Waals surface area (Å²) in [5.74, 6) is 0. The number of aliphatic hydroxyl groups excluding tert-OH is 2. The first-order valence-electron chi connectivity index (χ1n) is 3.07. The van der Waals surface area contributed by atoms with Gasteiger partial charge >= 0.3 is 0 Å². The maximum absolute atomic E-state index is 9.06. The van der Waals surface area contributed by atoms with Crippen molar-refractivity contribution in [1.82, 2.24) is 0 Å². The molecule has 0 spiro atoms. The average Bonchev–Trinajstić information content (AvgIpc) is 1.80. The highest BCUT2D eigenvalue weighted by atomic mass is 16.3. The van der Waals surface area contributed by atoms with Crippen molar-refractivity contribution >= 4 is 5.71 Å². The summed E-state index contributed by atoms with van der Waals surface area (Å²) in [6, 6.07) is 0. The standard InChI is InChI=1S/C6H11NO2/c1-4-6(9)2-5(8)3-7-4/h5-6,8-9H,2-3H2,1H3/t5-,6-/m0/s1. The van der Waals surface area contributed by atoms with E-state index in [9.17, 15) is 0 Å². The quantitative estimate of drug-likeness (QED) is 0.466. The van der Waals surface area contributed by atoms with Crippen LogP contribution in [-0.4, -0.2) is 34.7 Å². The Bertz CT molecular complexity index is 133. The Hall–Kier alpha value is -0.410. The van der Waals surface area contributed by atoms with Crippen LogP contribution in [0, 0.1) is 0 Å². The molecule has 0 aromatic rings. The first kappa shape index (κ1) is 6.71. The molecule has 3 heteroatoms. The second kappa shape index (κ2) is 2.45. The summed E-state index contributed by atoms with van der Waals surface area (Å²) in [4.78, 5) is 3.91. The molecule has 1 aliphatic rings. The van der Waals surface area contributed by atoms with Gasteiger partial charge in [0.1, 0.15) is 0 Å². The van der Waals surface area contributed by atoms with Crippen LogP contribution in [0.1, 0.15) is 13.3 Å². The molecule has 1 rings (SSSR count). The molecular formula is C6H11NO2. The zero-order valence-electron chi connectivity index (χ0n) is 5.41. The van der Waals surface area contributed by atoms with E-state index in [1.54, 1.807) is 6.92 Å². The monoisotopic (exact) mass is 129 g/mol. The Kier molecular flexibility index (Phi) is 1.83. The maximum atomic E-state index is 9.06. The summed E-state index contributed by atoms with van der Waals surface area (Å²) in [5, 5.41) is 18.0. The molecule has 2 atom stereocenters. The molecule has 0 aromatic carbocycles. The second-order valence-electron chi connectivity index (χ2n) is 2.39. The van der Waals surface area contributed by atoms with Gasteiger partial charge in [-0.15, -0.1) is 0 Å². The largest absolute Gasteiger partial charge is 0.391 e. The Morgan fingerprint density at radius 2 is 2.22 bits per heavy atom. The Labute approximate surface area is 54.0 Å². The summed E-state index contributed by atoms with van der Waals surface area (Å²) in [5.41, 5.74) is 0.736. The molecule has 9 heavy (non-hydrogen) atoms. The van der Waals surface area contributed by atoms with Crippen molar-refractivity contribution < 1.29 is 10.2 Å². The molecule has 0 aliphatic carbocycles. The number of rotatable bonds is 0. The highest BCUT2D eigenvalue weighted by Gasteiger charge is 2.18. The smallest absolute Gasteiger partial charge is 0.0939 e. The van der Waals surface area contributed by atoms with Crippen LogP contribution in [-0.2, 0) is 0 Å². The van der Waals surface area contributed by atoms with Gasteiger partial charge in [-0.05, 0) is 6.92 Å². The summed E-state index contributed by atoms with van der Waals surface area (Å²) in [6.07, 6.45) is -0.521. The SMILES string of the molecule is CC1=NC[C@@H](O)C[C@@H]1O. The fraction of sp³-hybridized carbons (Fsp3) is 0.833. The van der Waals surface area contributed by atoms with Crippen molar-refractivity contribution in [2.75, 3.05) is 6.54 Å². The second-order valence-corrected chi connectivity index (χ2v) is 2.39. The van der Waals surface area contributed by atoms with Crippen LogP contribution in [0.4, 0.5) is 0 Å². The van der Waals surface area contributed by atoms with Crippen molar-refractivity contribution in [3.05, 3.63) is 0 Å². The first-order valence-corrected chi connectivity index (χ1v) is 3.07. The fourth-order valence-electron chi connectivity index (χ4n) is 0.858. The third-order valence-corrected chi connectivity index (χ3v) is 1.53. The molecule has 0 unspecified atom stereocenters. The molecule has 0 bridgehead atoms. The predicted octanol–water partition coefficient (Wildman–Crippen LogP) is -0.427. The van der Waals surface area contributed by atoms with Gasteiger partial charge in [0.2, 0.25) is 0 Å². The Morgan fingerprint density at radius 1 is 1.56 bits per heavy atom. The number of hydrogen-bond donors (Lipinski definition) is 2. The Balaban J connectivity index is 2.56. The topological polar surface area (TPSA) is 52.8 Å². The summed E-state index contributed by atoms with van der Waals surface area (Å²) >= 11 is 0. The highest BCUT2D eigenvalue weighted by Crippen LogP contribution is 2.06. The minimum Gasteiger partial charge on any atom is -0.391 e. The summed E-state index contributed by atoms with van der Waals surface area (Å²) in [7, 11) is 0. The third kappa shape index (κ3) is 1.50. The molecule has 0 amide bonds. The molecule has 0 saturated heterocycles. The zero-order valence-corrected chi connectivity index (χ0v) is 5.41. The highest BCUT2D eigenvalue weighted by molar-refractivity contribution is 5.86. The van der Waals surface area contributed by atoms with Gasteiger partial charge in [0, 0.05) is 12.1 Å². The average molecular weight is 129 g/mol. The van der Waals surface area contributed by atoms with Gasteiger partial charge in [0.15, 0.2) is 0 Å². The van der Waals surface area contributed by atoms with E-state index >= 15 is 0 Å². The van der Waals surface area contributed by atoms with Gasteiger partial charge in [-0.2, -0.15) is 0 Å². The molecule has 52 valence electrons. The van der Waals surface area contributed by atoms with E-state index in [-0.39, 0.29) is 0 Å². The lowest BCUT2D eigenvalue weighted by Crippen LogP contribution is -2.31. The summed E-state index contributed by atoms with van der Waals surface area (Å²) in [6.45, 7) is 2.22. The van der Waals surface area contributed by atoms with E-state index < -0.39 is 12.2 Å². The lowest BCUT2D eigenvalue weighted by Gasteiger charge is -2.19. The van der Waals surface area contributed by atoms with Crippen LogP contribution in [0.25, 0.3) is 0 Å². The van der Waals surface area contributed by atoms with Crippen molar-refractivity contribution in [3.8, 4) is 0 Å². The van der Waals surface area contributed by atoms with Crippen molar-refractivity contribution in [3.63, 3.8) is 0 Å². The molecule has 2 N–H and O–H groups in total. The molecule has 0 radical (unpaired) electrons. The van der Waals surface area contributed by atoms with Gasteiger partial charge in [-0.1, -0.05) is 0 Å². The van der Waals surface area contributed by atoms with Crippen LogP contribution in [0.3, 0.4) is 0 Å². The molecule has 1 heterocycles. The number of nitrogens with zero attached hydrogens (tertiary/aromatic N) is 1. The van der Waals surface area contributed by atoms with Gasteiger partial charge in [-0.3, -0.25) is 4.99 Å². The fourth-order valence-corrected chi connectivity index (χ4v) is 0.858. The van der Waals surface area contributed by atoms with Crippen LogP contribution in [0.5, 0.6) is 0 Å². The Morgan fingerprint density at radius 3 is 2.67 bits per heavy atom. The number of aliphatic hydroxyl groups is 2. The summed E-state index contributed by atoms with van der Waals surface area (Å²) < 4.78 is 0. The van der Waals surface area contributed by atoms with E-state index in [1.807, 2.05) is 0 Å². The minimum atomic E-state index is -0.520. The maximum Gasteiger partial charge on any atom is 0.0939 e. The molecule has 0 aromatic heterocycles.